The molecule has 7 heteroatoms. The van der Waals surface area contributed by atoms with Crippen LogP contribution in [0.2, 0.25) is 5.02 Å². The van der Waals surface area contributed by atoms with E-state index in [1.165, 1.54) is 7.11 Å². The Balaban J connectivity index is 1.63. The van der Waals surface area contributed by atoms with Gasteiger partial charge in [-0.3, -0.25) is 4.79 Å². The Morgan fingerprint density at radius 1 is 1.24 bits per heavy atom. The maximum absolute atomic E-state index is 11.5. The second-order valence-corrected chi connectivity index (χ2v) is 7.22. The number of fused-ring (bicyclic) bond motifs is 1. The average Bonchev–Trinajstić information content (AvgIpc) is 3.06. The molecule has 1 N–H and O–H groups in total. The van der Waals surface area contributed by atoms with Gasteiger partial charge in [-0.1, -0.05) is 23.7 Å². The maximum Gasteiger partial charge on any atom is 0.245 e. The average molecular weight is 416 g/mol. The number of benzene rings is 2. The molecule has 0 unspecified atom stereocenters. The number of methoxy groups -OCH3 is 1. The summed E-state index contributed by atoms with van der Waals surface area (Å²) in [6.07, 6.45) is 1.57. The lowest BCUT2D eigenvalue weighted by Crippen LogP contribution is -2.28. The Kier molecular flexibility index (Phi) is 7.49. The van der Waals surface area contributed by atoms with Crippen LogP contribution in [-0.4, -0.2) is 42.3 Å². The third-order valence-corrected chi connectivity index (χ3v) is 5.05. The van der Waals surface area contributed by atoms with E-state index < -0.39 is 0 Å². The van der Waals surface area contributed by atoms with Gasteiger partial charge in [0.05, 0.1) is 17.6 Å². The number of amides is 1. The molecule has 3 rings (SSSR count). The van der Waals surface area contributed by atoms with Crippen LogP contribution in [0.3, 0.4) is 0 Å². The van der Waals surface area contributed by atoms with Gasteiger partial charge in [0.25, 0.3) is 0 Å². The minimum absolute atomic E-state index is 0.0834. The molecule has 3 aromatic rings. The van der Waals surface area contributed by atoms with Gasteiger partial charge in [-0.2, -0.15) is 0 Å². The van der Waals surface area contributed by atoms with Crippen molar-refractivity contribution < 1.29 is 14.3 Å². The highest BCUT2D eigenvalue weighted by atomic mass is 35.5. The lowest BCUT2D eigenvalue weighted by molar-refractivity contribution is -0.124. The van der Waals surface area contributed by atoms with E-state index in [0.717, 1.165) is 46.0 Å². The van der Waals surface area contributed by atoms with E-state index in [1.54, 1.807) is 0 Å². The summed E-state index contributed by atoms with van der Waals surface area (Å²) in [6.45, 7) is 3.85. The largest absolute Gasteiger partial charge is 0.492 e. The van der Waals surface area contributed by atoms with Crippen molar-refractivity contribution in [3.05, 3.63) is 58.9 Å². The topological polar surface area (TPSA) is 65.4 Å². The summed E-state index contributed by atoms with van der Waals surface area (Å²) in [4.78, 5) is 16.3. The van der Waals surface area contributed by atoms with E-state index in [2.05, 4.69) is 16.0 Å². The number of carbonyl (C=O) groups is 1. The fraction of sp³-hybridized carbons (Fsp3) is 0.364. The molecular formula is C22H26ClN3O3. The van der Waals surface area contributed by atoms with Gasteiger partial charge < -0.3 is 19.4 Å². The third kappa shape index (κ3) is 5.71. The first kappa shape index (κ1) is 21.1. The van der Waals surface area contributed by atoms with Crippen LogP contribution in [0.5, 0.6) is 5.75 Å². The van der Waals surface area contributed by atoms with Crippen LogP contribution in [0.15, 0.2) is 42.5 Å². The van der Waals surface area contributed by atoms with Gasteiger partial charge >= 0.3 is 0 Å². The van der Waals surface area contributed by atoms with Gasteiger partial charge in [0, 0.05) is 25.1 Å². The molecule has 0 saturated heterocycles. The van der Waals surface area contributed by atoms with Crippen molar-refractivity contribution in [2.45, 2.75) is 26.3 Å². The molecule has 0 aliphatic heterocycles. The Hall–Kier alpha value is -2.57. The van der Waals surface area contributed by atoms with Crippen LogP contribution in [0, 0.1) is 6.92 Å². The Morgan fingerprint density at radius 2 is 2.07 bits per heavy atom. The Bertz CT molecular complexity index is 971. The predicted molar refractivity (Wildman–Crippen MR) is 115 cm³/mol. The summed E-state index contributed by atoms with van der Waals surface area (Å²) in [7, 11) is 1.51. The van der Waals surface area contributed by atoms with Crippen LogP contribution in [0.4, 0.5) is 0 Å². The van der Waals surface area contributed by atoms with E-state index >= 15 is 0 Å². The van der Waals surface area contributed by atoms with Crippen LogP contribution < -0.4 is 10.1 Å². The monoisotopic (exact) mass is 415 g/mol. The molecule has 6 nitrogen and oxygen atoms in total. The molecule has 0 aliphatic rings. The molecule has 0 radical (unpaired) electrons. The fourth-order valence-electron chi connectivity index (χ4n) is 3.18. The van der Waals surface area contributed by atoms with Gasteiger partial charge in [0.15, 0.2) is 0 Å². The first-order valence-electron chi connectivity index (χ1n) is 9.67. The number of carbonyl (C=O) groups excluding carboxylic acids is 1. The van der Waals surface area contributed by atoms with Crippen molar-refractivity contribution in [3.63, 3.8) is 0 Å². The molecular weight excluding hydrogens is 390 g/mol. The summed E-state index contributed by atoms with van der Waals surface area (Å²) in [6, 6.07) is 13.8. The number of imidazole rings is 1. The number of hydrogen-bond donors (Lipinski definition) is 1. The molecule has 0 bridgehead atoms. The second kappa shape index (κ2) is 10.3. The van der Waals surface area contributed by atoms with Crippen molar-refractivity contribution in [2.75, 3.05) is 26.9 Å². The predicted octanol–water partition coefficient (Wildman–Crippen LogP) is 3.77. The summed E-state index contributed by atoms with van der Waals surface area (Å²) < 4.78 is 12.9. The number of aromatic nitrogens is 2. The number of ether oxygens (including phenoxy) is 2. The number of hydrogen-bond acceptors (Lipinski definition) is 4. The van der Waals surface area contributed by atoms with E-state index in [9.17, 15) is 4.79 Å². The smallest absolute Gasteiger partial charge is 0.245 e. The molecule has 0 aliphatic carbocycles. The molecule has 1 aromatic heterocycles. The molecule has 1 amide bonds. The summed E-state index contributed by atoms with van der Waals surface area (Å²) in [5, 5.41) is 3.58. The summed E-state index contributed by atoms with van der Waals surface area (Å²) >= 11 is 6.08. The molecule has 154 valence electrons. The van der Waals surface area contributed by atoms with E-state index in [1.807, 2.05) is 43.3 Å². The molecule has 0 fully saturated rings. The van der Waals surface area contributed by atoms with Gasteiger partial charge in [-0.15, -0.1) is 0 Å². The van der Waals surface area contributed by atoms with Crippen LogP contribution in [0.1, 0.15) is 17.8 Å². The first-order valence-corrected chi connectivity index (χ1v) is 10.0. The third-order valence-electron chi connectivity index (χ3n) is 4.62. The van der Waals surface area contributed by atoms with Gasteiger partial charge in [0.1, 0.15) is 24.8 Å². The van der Waals surface area contributed by atoms with Crippen LogP contribution in [0.25, 0.3) is 11.0 Å². The zero-order valence-electron chi connectivity index (χ0n) is 16.8. The first-order chi connectivity index (χ1) is 14.1. The number of aryl methyl sites for hydroxylation is 2. The molecule has 0 atom stereocenters. The highest BCUT2D eigenvalue weighted by Gasteiger charge is 2.11. The van der Waals surface area contributed by atoms with Crippen LogP contribution in [-0.2, 0) is 22.5 Å². The SMILES string of the molecule is COCC(=O)NCCCc1nc2ccccc2n1CCOc1ccc(Cl)c(C)c1. The van der Waals surface area contributed by atoms with E-state index in [4.69, 9.17) is 26.1 Å². The van der Waals surface area contributed by atoms with Gasteiger partial charge in [-0.25, -0.2) is 4.98 Å². The minimum Gasteiger partial charge on any atom is -0.492 e. The number of para-hydroxylation sites is 2. The molecule has 2 aromatic carbocycles. The highest BCUT2D eigenvalue weighted by molar-refractivity contribution is 6.31. The van der Waals surface area contributed by atoms with Crippen molar-refractivity contribution in [3.8, 4) is 5.75 Å². The zero-order valence-corrected chi connectivity index (χ0v) is 17.5. The van der Waals surface area contributed by atoms with Crippen molar-refractivity contribution >= 4 is 28.5 Å². The van der Waals surface area contributed by atoms with Gasteiger partial charge in [0.2, 0.25) is 5.91 Å². The number of rotatable bonds is 10. The lowest BCUT2D eigenvalue weighted by Gasteiger charge is -2.12. The zero-order chi connectivity index (χ0) is 20.6. The quantitative estimate of drug-likeness (QED) is 0.512. The maximum atomic E-state index is 11.5. The Morgan fingerprint density at radius 3 is 2.86 bits per heavy atom. The van der Waals surface area contributed by atoms with E-state index in [0.29, 0.717) is 19.7 Å². The normalized spacial score (nSPS) is 11.0. The van der Waals surface area contributed by atoms with Crippen molar-refractivity contribution in [1.29, 1.82) is 0 Å². The summed E-state index contributed by atoms with van der Waals surface area (Å²) in [5.74, 6) is 1.69. The lowest BCUT2D eigenvalue weighted by atomic mass is 10.2. The molecule has 0 saturated carbocycles. The minimum atomic E-state index is -0.104. The van der Waals surface area contributed by atoms with E-state index in [-0.39, 0.29) is 12.5 Å². The standard InChI is InChI=1S/C22H26ClN3O3/c1-16-14-17(9-10-18(16)23)29-13-12-26-20-7-4-3-6-19(20)25-21(26)8-5-11-24-22(27)15-28-2/h3-4,6-7,9-10,14H,5,8,11-13,15H2,1-2H3,(H,24,27). The highest BCUT2D eigenvalue weighted by Crippen LogP contribution is 2.22. The number of nitrogens with zero attached hydrogens (tertiary/aromatic N) is 2. The van der Waals surface area contributed by atoms with Crippen molar-refractivity contribution in [2.24, 2.45) is 0 Å². The number of nitrogens with one attached hydrogen (secondary N) is 1. The number of halogens is 1. The Labute approximate surface area is 175 Å². The molecule has 0 spiro atoms. The van der Waals surface area contributed by atoms with Gasteiger partial charge in [-0.05, 0) is 49.2 Å². The summed E-state index contributed by atoms with van der Waals surface area (Å²) in [5.41, 5.74) is 3.04. The van der Waals surface area contributed by atoms with Crippen molar-refractivity contribution in [1.82, 2.24) is 14.9 Å². The molecule has 29 heavy (non-hydrogen) atoms. The van der Waals surface area contributed by atoms with Crippen LogP contribution >= 0.6 is 11.6 Å². The fourth-order valence-corrected chi connectivity index (χ4v) is 3.30. The molecule has 1 heterocycles. The second-order valence-electron chi connectivity index (χ2n) is 6.81.